The van der Waals surface area contributed by atoms with E-state index in [1.54, 1.807) is 0 Å². The molecule has 0 atom stereocenters. The highest BCUT2D eigenvalue weighted by Crippen LogP contribution is 2.28. The Labute approximate surface area is 133 Å². The molecule has 0 saturated carbocycles. The van der Waals surface area contributed by atoms with E-state index in [0.29, 0.717) is 12.8 Å². The van der Waals surface area contributed by atoms with E-state index < -0.39 is 5.92 Å². The number of hydrogen-bond donors (Lipinski definition) is 1. The standard InChI is InChI=1S/C17H21F2N3O/c1-11-3-4-13-16(12(11)2)21-14(20-13)5-6-15(23)22-9-7-17(18,19)8-10-22/h3-4H,5-10H2,1-2H3,(H,20,21). The van der Waals surface area contributed by atoms with Crippen molar-refractivity contribution >= 4 is 16.9 Å². The van der Waals surface area contributed by atoms with Gasteiger partial charge in [-0.05, 0) is 31.0 Å². The molecule has 1 aliphatic heterocycles. The molecule has 1 aliphatic rings. The second kappa shape index (κ2) is 5.91. The summed E-state index contributed by atoms with van der Waals surface area (Å²) in [5.74, 6) is -1.93. The molecule has 124 valence electrons. The highest BCUT2D eigenvalue weighted by atomic mass is 19.3. The summed E-state index contributed by atoms with van der Waals surface area (Å²) in [5, 5.41) is 0. The van der Waals surface area contributed by atoms with Crippen LogP contribution in [0.1, 0.15) is 36.2 Å². The maximum atomic E-state index is 13.1. The molecule has 0 aliphatic carbocycles. The Morgan fingerprint density at radius 2 is 2.00 bits per heavy atom. The maximum absolute atomic E-state index is 13.1. The average Bonchev–Trinajstić information content (AvgIpc) is 2.92. The number of benzene rings is 1. The zero-order chi connectivity index (χ0) is 16.6. The van der Waals surface area contributed by atoms with Crippen molar-refractivity contribution < 1.29 is 13.6 Å². The summed E-state index contributed by atoms with van der Waals surface area (Å²) in [4.78, 5) is 21.5. The summed E-state index contributed by atoms with van der Waals surface area (Å²) in [6.45, 7) is 4.36. The molecule has 0 radical (unpaired) electrons. The number of fused-ring (bicyclic) bond motifs is 1. The summed E-state index contributed by atoms with van der Waals surface area (Å²) in [7, 11) is 0. The summed E-state index contributed by atoms with van der Waals surface area (Å²) in [5.41, 5.74) is 4.22. The number of nitrogens with one attached hydrogen (secondary N) is 1. The highest BCUT2D eigenvalue weighted by molar-refractivity contribution is 5.80. The number of aromatic nitrogens is 2. The zero-order valence-corrected chi connectivity index (χ0v) is 13.5. The Morgan fingerprint density at radius 1 is 1.30 bits per heavy atom. The molecular weight excluding hydrogens is 300 g/mol. The first kappa shape index (κ1) is 15.9. The van der Waals surface area contributed by atoms with Gasteiger partial charge in [-0.2, -0.15) is 0 Å². The van der Waals surface area contributed by atoms with Crippen molar-refractivity contribution in [2.75, 3.05) is 13.1 Å². The summed E-state index contributed by atoms with van der Waals surface area (Å²) < 4.78 is 26.3. The van der Waals surface area contributed by atoms with Gasteiger partial charge in [0.1, 0.15) is 5.82 Å². The van der Waals surface area contributed by atoms with Crippen molar-refractivity contribution in [1.29, 1.82) is 0 Å². The number of alkyl halides is 2. The van der Waals surface area contributed by atoms with Gasteiger partial charge in [0.25, 0.3) is 5.92 Å². The molecule has 1 aromatic heterocycles. The average molecular weight is 321 g/mol. The van der Waals surface area contributed by atoms with E-state index in [1.807, 2.05) is 26.0 Å². The smallest absolute Gasteiger partial charge is 0.251 e. The number of nitrogens with zero attached hydrogens (tertiary/aromatic N) is 2. The minimum Gasteiger partial charge on any atom is -0.342 e. The molecular formula is C17H21F2N3O. The van der Waals surface area contributed by atoms with Gasteiger partial charge in [0, 0.05) is 38.8 Å². The van der Waals surface area contributed by atoms with Gasteiger partial charge in [-0.3, -0.25) is 4.79 Å². The van der Waals surface area contributed by atoms with Gasteiger partial charge in [0.15, 0.2) is 0 Å². The van der Waals surface area contributed by atoms with E-state index in [4.69, 9.17) is 0 Å². The summed E-state index contributed by atoms with van der Waals surface area (Å²) in [6, 6.07) is 4.03. The molecule has 23 heavy (non-hydrogen) atoms. The molecule has 2 heterocycles. The molecule has 0 spiro atoms. The summed E-state index contributed by atoms with van der Waals surface area (Å²) in [6.07, 6.45) is 0.325. The van der Waals surface area contributed by atoms with Crippen molar-refractivity contribution in [1.82, 2.24) is 14.9 Å². The number of imidazole rings is 1. The number of aryl methyl sites for hydroxylation is 3. The van der Waals surface area contributed by atoms with Gasteiger partial charge in [-0.1, -0.05) is 6.07 Å². The third kappa shape index (κ3) is 3.35. The molecule has 0 unspecified atom stereocenters. The lowest BCUT2D eigenvalue weighted by Gasteiger charge is -2.31. The fraction of sp³-hybridized carbons (Fsp3) is 0.529. The largest absolute Gasteiger partial charge is 0.342 e. The molecule has 1 N–H and O–H groups in total. The molecule has 0 bridgehead atoms. The van der Waals surface area contributed by atoms with Crippen LogP contribution in [0.25, 0.3) is 11.0 Å². The second-order valence-electron chi connectivity index (χ2n) is 6.32. The lowest BCUT2D eigenvalue weighted by Crippen LogP contribution is -2.42. The highest BCUT2D eigenvalue weighted by Gasteiger charge is 2.35. The minimum atomic E-state index is -2.62. The predicted octanol–water partition coefficient (Wildman–Crippen LogP) is 3.37. The number of rotatable bonds is 3. The molecule has 4 nitrogen and oxygen atoms in total. The van der Waals surface area contributed by atoms with Crippen LogP contribution in [0.3, 0.4) is 0 Å². The Bertz CT molecular complexity index is 729. The summed E-state index contributed by atoms with van der Waals surface area (Å²) >= 11 is 0. The first-order valence-corrected chi connectivity index (χ1v) is 7.96. The third-order valence-electron chi connectivity index (χ3n) is 4.65. The maximum Gasteiger partial charge on any atom is 0.251 e. The van der Waals surface area contributed by atoms with Crippen molar-refractivity contribution in [2.24, 2.45) is 0 Å². The molecule has 1 aromatic carbocycles. The van der Waals surface area contributed by atoms with Crippen molar-refractivity contribution in [3.63, 3.8) is 0 Å². The molecule has 2 aromatic rings. The lowest BCUT2D eigenvalue weighted by molar-refractivity contribution is -0.137. The number of carbonyl (C=O) groups excluding carboxylic acids is 1. The van der Waals surface area contributed by atoms with Gasteiger partial charge < -0.3 is 9.88 Å². The topological polar surface area (TPSA) is 49.0 Å². The lowest BCUT2D eigenvalue weighted by atomic mass is 10.1. The molecule has 1 amide bonds. The number of halogens is 2. The van der Waals surface area contributed by atoms with Crippen LogP contribution in [-0.4, -0.2) is 39.8 Å². The fourth-order valence-electron chi connectivity index (χ4n) is 2.95. The van der Waals surface area contributed by atoms with Crippen molar-refractivity contribution in [3.8, 4) is 0 Å². The number of piperidine rings is 1. The zero-order valence-electron chi connectivity index (χ0n) is 13.5. The van der Waals surface area contributed by atoms with E-state index in [1.165, 1.54) is 10.5 Å². The Kier molecular flexibility index (Phi) is 4.08. The number of H-pyrrole nitrogens is 1. The van der Waals surface area contributed by atoms with Gasteiger partial charge >= 0.3 is 0 Å². The number of amides is 1. The fourth-order valence-corrected chi connectivity index (χ4v) is 2.95. The van der Waals surface area contributed by atoms with Gasteiger partial charge in [0.2, 0.25) is 5.91 Å². The molecule has 6 heteroatoms. The molecule has 1 fully saturated rings. The number of hydrogen-bond acceptors (Lipinski definition) is 2. The van der Waals surface area contributed by atoms with Crippen LogP contribution in [0.5, 0.6) is 0 Å². The number of likely N-dealkylation sites (tertiary alicyclic amines) is 1. The number of carbonyl (C=O) groups is 1. The van der Waals surface area contributed by atoms with Crippen molar-refractivity contribution in [2.45, 2.75) is 45.5 Å². The quantitative estimate of drug-likeness (QED) is 0.942. The Balaban J connectivity index is 1.62. The van der Waals surface area contributed by atoms with Gasteiger partial charge in [-0.15, -0.1) is 0 Å². The molecule has 1 saturated heterocycles. The van der Waals surface area contributed by atoms with Crippen LogP contribution in [-0.2, 0) is 11.2 Å². The Hall–Kier alpha value is -1.98. The van der Waals surface area contributed by atoms with Crippen LogP contribution in [0, 0.1) is 13.8 Å². The van der Waals surface area contributed by atoms with Crippen LogP contribution in [0.2, 0.25) is 0 Å². The van der Waals surface area contributed by atoms with Crippen LogP contribution < -0.4 is 0 Å². The minimum absolute atomic E-state index is 0.0751. The van der Waals surface area contributed by atoms with Crippen LogP contribution in [0.15, 0.2) is 12.1 Å². The van der Waals surface area contributed by atoms with Gasteiger partial charge in [-0.25, -0.2) is 13.8 Å². The Morgan fingerprint density at radius 3 is 2.70 bits per heavy atom. The van der Waals surface area contributed by atoms with Crippen LogP contribution in [0.4, 0.5) is 8.78 Å². The van der Waals surface area contributed by atoms with Crippen LogP contribution >= 0.6 is 0 Å². The monoisotopic (exact) mass is 321 g/mol. The van der Waals surface area contributed by atoms with E-state index in [-0.39, 0.29) is 31.8 Å². The van der Waals surface area contributed by atoms with E-state index in [0.717, 1.165) is 22.4 Å². The third-order valence-corrected chi connectivity index (χ3v) is 4.65. The van der Waals surface area contributed by atoms with E-state index in [2.05, 4.69) is 9.97 Å². The normalized spacial score (nSPS) is 17.7. The molecule has 3 rings (SSSR count). The first-order valence-electron chi connectivity index (χ1n) is 7.96. The van der Waals surface area contributed by atoms with E-state index >= 15 is 0 Å². The first-order chi connectivity index (χ1) is 10.9. The predicted molar refractivity (Wildman–Crippen MR) is 84.6 cm³/mol. The van der Waals surface area contributed by atoms with Gasteiger partial charge in [0.05, 0.1) is 11.0 Å². The SMILES string of the molecule is Cc1ccc2[nH]c(CCC(=O)N3CCC(F)(F)CC3)nc2c1C. The number of aromatic amines is 1. The van der Waals surface area contributed by atoms with E-state index in [9.17, 15) is 13.6 Å². The second-order valence-corrected chi connectivity index (χ2v) is 6.32. The van der Waals surface area contributed by atoms with Crippen molar-refractivity contribution in [3.05, 3.63) is 29.1 Å².